The van der Waals surface area contributed by atoms with Crippen molar-refractivity contribution in [2.75, 3.05) is 20.2 Å². The van der Waals surface area contributed by atoms with Crippen LogP contribution in [0.15, 0.2) is 29.2 Å². The van der Waals surface area contributed by atoms with Crippen LogP contribution in [-0.2, 0) is 19.5 Å². The molecule has 0 radical (unpaired) electrons. The summed E-state index contributed by atoms with van der Waals surface area (Å²) in [5.74, 6) is -0.663. The lowest BCUT2D eigenvalue weighted by molar-refractivity contribution is -0.0440. The summed E-state index contributed by atoms with van der Waals surface area (Å²) >= 11 is 0. The van der Waals surface area contributed by atoms with Crippen LogP contribution < -0.4 is 0 Å². The molecular formula is C14H19NO5S. The molecule has 7 heteroatoms. The molecule has 0 spiro atoms. The molecule has 1 aliphatic rings. The lowest BCUT2D eigenvalue weighted by atomic mass is 10.2. The summed E-state index contributed by atoms with van der Waals surface area (Å²) in [5, 5.41) is 0. The number of rotatable bonds is 3. The predicted molar refractivity (Wildman–Crippen MR) is 76.5 cm³/mol. The number of methoxy groups -OCH3 is 1. The van der Waals surface area contributed by atoms with Crippen LogP contribution in [0.4, 0.5) is 0 Å². The number of carbonyl (C=O) groups is 1. The maximum atomic E-state index is 12.8. The van der Waals surface area contributed by atoms with Crippen LogP contribution in [0, 0.1) is 0 Å². The van der Waals surface area contributed by atoms with E-state index in [1.165, 1.54) is 23.5 Å². The first kappa shape index (κ1) is 15.9. The Morgan fingerprint density at radius 1 is 1.24 bits per heavy atom. The van der Waals surface area contributed by atoms with Gasteiger partial charge in [0.25, 0.3) is 0 Å². The van der Waals surface area contributed by atoms with E-state index in [9.17, 15) is 13.2 Å². The fraction of sp³-hybridized carbons (Fsp3) is 0.500. The largest absolute Gasteiger partial charge is 0.465 e. The van der Waals surface area contributed by atoms with Gasteiger partial charge in [-0.1, -0.05) is 12.1 Å². The van der Waals surface area contributed by atoms with Gasteiger partial charge in [0.05, 0.1) is 29.8 Å². The number of hydrogen-bond acceptors (Lipinski definition) is 5. The zero-order chi connectivity index (χ0) is 15.6. The molecule has 0 aliphatic carbocycles. The molecule has 0 aromatic heterocycles. The Morgan fingerprint density at radius 3 is 2.38 bits per heavy atom. The number of benzene rings is 1. The van der Waals surface area contributed by atoms with Crippen LogP contribution in [0.2, 0.25) is 0 Å². The van der Waals surface area contributed by atoms with Gasteiger partial charge in [-0.15, -0.1) is 0 Å². The summed E-state index contributed by atoms with van der Waals surface area (Å²) in [4.78, 5) is 11.7. The van der Waals surface area contributed by atoms with Gasteiger partial charge in [0, 0.05) is 13.1 Å². The van der Waals surface area contributed by atoms with E-state index in [4.69, 9.17) is 4.74 Å². The minimum Gasteiger partial charge on any atom is -0.465 e. The molecule has 0 unspecified atom stereocenters. The van der Waals surface area contributed by atoms with E-state index in [2.05, 4.69) is 4.74 Å². The molecule has 1 saturated heterocycles. The standard InChI is InChI=1S/C14H19NO5S/c1-10-8-15(9-11(2)20-10)21(17,18)13-7-5-4-6-12(13)14(16)19-3/h4-7,10-11H,8-9H2,1-3H3/t10-,11+. The summed E-state index contributed by atoms with van der Waals surface area (Å²) in [7, 11) is -2.53. The molecule has 0 N–H and O–H groups in total. The number of nitrogens with zero attached hydrogens (tertiary/aromatic N) is 1. The van der Waals surface area contributed by atoms with Crippen molar-refractivity contribution in [2.45, 2.75) is 31.0 Å². The van der Waals surface area contributed by atoms with Gasteiger partial charge < -0.3 is 9.47 Å². The Labute approximate surface area is 124 Å². The quantitative estimate of drug-likeness (QED) is 0.786. The average molecular weight is 313 g/mol. The van der Waals surface area contributed by atoms with Gasteiger partial charge in [0.1, 0.15) is 0 Å². The van der Waals surface area contributed by atoms with E-state index in [1.54, 1.807) is 12.1 Å². The van der Waals surface area contributed by atoms with E-state index in [0.717, 1.165) is 0 Å². The van der Waals surface area contributed by atoms with E-state index in [0.29, 0.717) is 0 Å². The maximum Gasteiger partial charge on any atom is 0.339 e. The Balaban J connectivity index is 2.42. The highest BCUT2D eigenvalue weighted by molar-refractivity contribution is 7.89. The highest BCUT2D eigenvalue weighted by atomic mass is 32.2. The average Bonchev–Trinajstić information content (AvgIpc) is 2.45. The third-order valence-electron chi connectivity index (χ3n) is 3.30. The highest BCUT2D eigenvalue weighted by Crippen LogP contribution is 2.24. The molecule has 21 heavy (non-hydrogen) atoms. The monoisotopic (exact) mass is 313 g/mol. The van der Waals surface area contributed by atoms with Crippen LogP contribution in [0.5, 0.6) is 0 Å². The minimum atomic E-state index is -3.76. The van der Waals surface area contributed by atoms with Crippen LogP contribution in [0.3, 0.4) is 0 Å². The minimum absolute atomic E-state index is 0.0295. The molecular weight excluding hydrogens is 294 g/mol. The molecule has 1 heterocycles. The summed E-state index contributed by atoms with van der Waals surface area (Å²) in [6, 6.07) is 6.07. The molecule has 1 aromatic rings. The van der Waals surface area contributed by atoms with Crippen LogP contribution in [0.25, 0.3) is 0 Å². The molecule has 2 atom stereocenters. The zero-order valence-corrected chi connectivity index (χ0v) is 13.1. The zero-order valence-electron chi connectivity index (χ0n) is 12.3. The fourth-order valence-electron chi connectivity index (χ4n) is 2.44. The van der Waals surface area contributed by atoms with Crippen molar-refractivity contribution < 1.29 is 22.7 Å². The second-order valence-electron chi connectivity index (χ2n) is 5.07. The summed E-state index contributed by atoms with van der Waals surface area (Å²) in [6.07, 6.45) is -0.373. The normalized spacial score (nSPS) is 23.8. The third kappa shape index (κ3) is 3.25. The first-order valence-electron chi connectivity index (χ1n) is 6.69. The van der Waals surface area contributed by atoms with Crippen LogP contribution >= 0.6 is 0 Å². The van der Waals surface area contributed by atoms with Crippen molar-refractivity contribution in [3.63, 3.8) is 0 Å². The second-order valence-corrected chi connectivity index (χ2v) is 6.97. The van der Waals surface area contributed by atoms with Gasteiger partial charge in [0.2, 0.25) is 10.0 Å². The number of hydrogen-bond donors (Lipinski definition) is 0. The third-order valence-corrected chi connectivity index (χ3v) is 5.19. The van der Waals surface area contributed by atoms with Gasteiger partial charge in [0.15, 0.2) is 0 Å². The van der Waals surface area contributed by atoms with Crippen molar-refractivity contribution >= 4 is 16.0 Å². The maximum absolute atomic E-state index is 12.8. The molecule has 0 amide bonds. The summed E-state index contributed by atoms with van der Waals surface area (Å²) in [6.45, 7) is 4.18. The molecule has 6 nitrogen and oxygen atoms in total. The van der Waals surface area contributed by atoms with Crippen molar-refractivity contribution in [3.05, 3.63) is 29.8 Å². The summed E-state index contributed by atoms with van der Waals surface area (Å²) < 4.78 is 37.1. The van der Waals surface area contributed by atoms with E-state index >= 15 is 0 Å². The molecule has 116 valence electrons. The topological polar surface area (TPSA) is 72.9 Å². The van der Waals surface area contributed by atoms with Crippen molar-refractivity contribution in [1.29, 1.82) is 0 Å². The fourth-order valence-corrected chi connectivity index (χ4v) is 4.21. The van der Waals surface area contributed by atoms with Crippen LogP contribution in [-0.4, -0.2) is 51.1 Å². The van der Waals surface area contributed by atoms with Crippen molar-refractivity contribution in [1.82, 2.24) is 4.31 Å². The molecule has 1 fully saturated rings. The van der Waals surface area contributed by atoms with Gasteiger partial charge in [-0.05, 0) is 26.0 Å². The van der Waals surface area contributed by atoms with E-state index in [1.807, 2.05) is 13.8 Å². The van der Waals surface area contributed by atoms with E-state index < -0.39 is 16.0 Å². The Bertz CT molecular complexity index is 618. The molecule has 1 aliphatic heterocycles. The predicted octanol–water partition coefficient (Wildman–Crippen LogP) is 1.27. The van der Waals surface area contributed by atoms with Crippen molar-refractivity contribution in [3.8, 4) is 0 Å². The summed E-state index contributed by atoms with van der Waals surface area (Å²) in [5.41, 5.74) is 0.0480. The molecule has 1 aromatic carbocycles. The van der Waals surface area contributed by atoms with E-state index in [-0.39, 0.29) is 35.8 Å². The number of sulfonamides is 1. The number of ether oxygens (including phenoxy) is 2. The molecule has 0 saturated carbocycles. The highest BCUT2D eigenvalue weighted by Gasteiger charge is 2.34. The van der Waals surface area contributed by atoms with Crippen LogP contribution in [0.1, 0.15) is 24.2 Å². The number of morpholine rings is 1. The van der Waals surface area contributed by atoms with Gasteiger partial charge in [-0.25, -0.2) is 13.2 Å². The first-order chi connectivity index (χ1) is 9.86. The molecule has 0 bridgehead atoms. The Morgan fingerprint density at radius 2 is 1.81 bits per heavy atom. The molecule has 2 rings (SSSR count). The number of carbonyl (C=O) groups excluding carboxylic acids is 1. The Hall–Kier alpha value is -1.44. The van der Waals surface area contributed by atoms with Crippen molar-refractivity contribution in [2.24, 2.45) is 0 Å². The smallest absolute Gasteiger partial charge is 0.339 e. The van der Waals surface area contributed by atoms with Gasteiger partial charge in [-0.3, -0.25) is 0 Å². The lowest BCUT2D eigenvalue weighted by Gasteiger charge is -2.34. The Kier molecular flexibility index (Phi) is 4.65. The first-order valence-corrected chi connectivity index (χ1v) is 8.13. The van der Waals surface area contributed by atoms with Gasteiger partial charge >= 0.3 is 5.97 Å². The van der Waals surface area contributed by atoms with Gasteiger partial charge in [-0.2, -0.15) is 4.31 Å². The SMILES string of the molecule is COC(=O)c1ccccc1S(=O)(=O)N1C[C@@H](C)O[C@@H](C)C1. The number of esters is 1. The second kappa shape index (κ2) is 6.13. The lowest BCUT2D eigenvalue weighted by Crippen LogP contribution is -2.48.